The van der Waals surface area contributed by atoms with Gasteiger partial charge in [0.25, 0.3) is 11.8 Å². The van der Waals surface area contributed by atoms with E-state index in [0.717, 1.165) is 10.0 Å². The summed E-state index contributed by atoms with van der Waals surface area (Å²) in [5, 5.41) is 5.83. The highest BCUT2D eigenvalue weighted by atomic mass is 79.9. The van der Waals surface area contributed by atoms with Gasteiger partial charge in [-0.25, -0.2) is 0 Å². The molecule has 2 aromatic rings. The first-order chi connectivity index (χ1) is 12.4. The molecule has 0 fully saturated rings. The van der Waals surface area contributed by atoms with Gasteiger partial charge in [0.1, 0.15) is 5.75 Å². The van der Waals surface area contributed by atoms with Crippen molar-refractivity contribution < 1.29 is 14.3 Å². The molecule has 0 aliphatic rings. The summed E-state index contributed by atoms with van der Waals surface area (Å²) in [7, 11) is 0. The van der Waals surface area contributed by atoms with E-state index in [2.05, 4.69) is 26.6 Å². The van der Waals surface area contributed by atoms with Crippen molar-refractivity contribution in [3.63, 3.8) is 0 Å². The van der Waals surface area contributed by atoms with E-state index in [1.165, 1.54) is 0 Å². The molecule has 2 aromatic carbocycles. The molecule has 7 heteroatoms. The van der Waals surface area contributed by atoms with Crippen LogP contribution in [0.15, 0.2) is 46.9 Å². The number of aryl methyl sites for hydroxylation is 1. The zero-order valence-electron chi connectivity index (χ0n) is 14.5. The van der Waals surface area contributed by atoms with Crippen LogP contribution in [0.2, 0.25) is 5.02 Å². The van der Waals surface area contributed by atoms with Crippen LogP contribution in [-0.4, -0.2) is 31.0 Å². The Hall–Kier alpha value is -2.05. The summed E-state index contributed by atoms with van der Waals surface area (Å²) in [5.41, 5.74) is 1.50. The maximum absolute atomic E-state index is 12.1. The first-order valence-electron chi connectivity index (χ1n) is 8.11. The molecule has 0 heterocycles. The third kappa shape index (κ3) is 5.75. The summed E-state index contributed by atoms with van der Waals surface area (Å²) < 4.78 is 6.46. The number of benzene rings is 2. The van der Waals surface area contributed by atoms with E-state index in [9.17, 15) is 9.59 Å². The van der Waals surface area contributed by atoms with Crippen molar-refractivity contribution in [2.24, 2.45) is 0 Å². The lowest BCUT2D eigenvalue weighted by atomic mass is 10.2. The monoisotopic (exact) mass is 438 g/mol. The van der Waals surface area contributed by atoms with Gasteiger partial charge in [0.05, 0.1) is 15.1 Å². The summed E-state index contributed by atoms with van der Waals surface area (Å²) in [6, 6.07) is 12.4. The molecule has 26 heavy (non-hydrogen) atoms. The molecule has 0 radical (unpaired) electrons. The van der Waals surface area contributed by atoms with Crippen molar-refractivity contribution in [1.82, 2.24) is 10.6 Å². The van der Waals surface area contributed by atoms with Gasteiger partial charge in [-0.05, 0) is 59.6 Å². The van der Waals surface area contributed by atoms with Crippen molar-refractivity contribution in [1.29, 1.82) is 0 Å². The average molecular weight is 440 g/mol. The molecule has 0 aromatic heterocycles. The van der Waals surface area contributed by atoms with Crippen LogP contribution in [0, 0.1) is 6.92 Å². The van der Waals surface area contributed by atoms with Gasteiger partial charge in [0.15, 0.2) is 6.10 Å². The minimum atomic E-state index is -0.659. The Morgan fingerprint density at radius 2 is 1.85 bits per heavy atom. The number of ether oxygens (including phenoxy) is 1. The third-order valence-electron chi connectivity index (χ3n) is 3.59. The summed E-state index contributed by atoms with van der Waals surface area (Å²) >= 11 is 9.39. The SMILES string of the molecule is Cc1ccc(OC(C)C(=O)NCCNC(=O)c2ccccc2Cl)c(Br)c1. The standard InChI is InChI=1S/C19H20BrClN2O3/c1-12-7-8-17(15(20)11-12)26-13(2)18(24)22-9-10-23-19(25)14-5-3-4-6-16(14)21/h3-8,11,13H,9-10H2,1-2H3,(H,22,24)(H,23,25). The lowest BCUT2D eigenvalue weighted by Gasteiger charge is -2.16. The highest BCUT2D eigenvalue weighted by molar-refractivity contribution is 9.10. The number of nitrogens with one attached hydrogen (secondary N) is 2. The molecule has 0 saturated heterocycles. The van der Waals surface area contributed by atoms with Crippen molar-refractivity contribution in [2.75, 3.05) is 13.1 Å². The van der Waals surface area contributed by atoms with Crippen LogP contribution in [0.3, 0.4) is 0 Å². The molecule has 0 saturated carbocycles. The molecular weight excluding hydrogens is 420 g/mol. The van der Waals surface area contributed by atoms with Crippen molar-refractivity contribution >= 4 is 39.3 Å². The summed E-state index contributed by atoms with van der Waals surface area (Å²) in [5.74, 6) is 0.0625. The zero-order valence-corrected chi connectivity index (χ0v) is 16.9. The van der Waals surface area contributed by atoms with E-state index in [1.807, 2.05) is 25.1 Å². The Bertz CT molecular complexity index is 798. The maximum Gasteiger partial charge on any atom is 0.260 e. The second-order valence-electron chi connectivity index (χ2n) is 5.72. The second kappa shape index (κ2) is 9.59. The largest absolute Gasteiger partial charge is 0.480 e. The molecular formula is C19H20BrClN2O3. The molecule has 2 N–H and O–H groups in total. The summed E-state index contributed by atoms with van der Waals surface area (Å²) in [6.45, 7) is 4.22. The van der Waals surface area contributed by atoms with E-state index >= 15 is 0 Å². The Kier molecular flexibility index (Phi) is 7.48. The molecule has 1 unspecified atom stereocenters. The predicted molar refractivity (Wildman–Crippen MR) is 106 cm³/mol. The molecule has 5 nitrogen and oxygen atoms in total. The van der Waals surface area contributed by atoms with E-state index in [0.29, 0.717) is 16.3 Å². The van der Waals surface area contributed by atoms with Crippen molar-refractivity contribution in [2.45, 2.75) is 20.0 Å². The van der Waals surface area contributed by atoms with Gasteiger partial charge in [-0.15, -0.1) is 0 Å². The Morgan fingerprint density at radius 1 is 1.15 bits per heavy atom. The smallest absolute Gasteiger partial charge is 0.260 e. The van der Waals surface area contributed by atoms with Crippen molar-refractivity contribution in [3.8, 4) is 5.75 Å². The number of hydrogen-bond donors (Lipinski definition) is 2. The van der Waals surface area contributed by atoms with E-state index in [1.54, 1.807) is 31.2 Å². The van der Waals surface area contributed by atoms with Gasteiger partial charge >= 0.3 is 0 Å². The van der Waals surface area contributed by atoms with E-state index < -0.39 is 6.10 Å². The summed E-state index contributed by atoms with van der Waals surface area (Å²) in [4.78, 5) is 24.1. The molecule has 0 aliphatic heterocycles. The first-order valence-corrected chi connectivity index (χ1v) is 9.29. The fourth-order valence-electron chi connectivity index (χ4n) is 2.19. The normalized spacial score (nSPS) is 11.5. The maximum atomic E-state index is 12.1. The number of carbonyl (C=O) groups is 2. The van der Waals surface area contributed by atoms with Crippen LogP contribution < -0.4 is 15.4 Å². The minimum Gasteiger partial charge on any atom is -0.480 e. The van der Waals surface area contributed by atoms with Crippen LogP contribution in [0.1, 0.15) is 22.8 Å². The van der Waals surface area contributed by atoms with Gasteiger partial charge in [0.2, 0.25) is 0 Å². The van der Waals surface area contributed by atoms with Crippen LogP contribution in [0.4, 0.5) is 0 Å². The van der Waals surface area contributed by atoms with Crippen LogP contribution in [-0.2, 0) is 4.79 Å². The fraction of sp³-hybridized carbons (Fsp3) is 0.263. The van der Waals surface area contributed by atoms with Crippen LogP contribution in [0.25, 0.3) is 0 Å². The van der Waals surface area contributed by atoms with E-state index in [-0.39, 0.29) is 24.9 Å². The Morgan fingerprint density at radius 3 is 2.54 bits per heavy atom. The van der Waals surface area contributed by atoms with Crippen molar-refractivity contribution in [3.05, 3.63) is 63.1 Å². The Labute approximate surface area is 166 Å². The number of amides is 2. The summed E-state index contributed by atoms with van der Waals surface area (Å²) in [6.07, 6.45) is -0.659. The highest BCUT2D eigenvalue weighted by Crippen LogP contribution is 2.26. The molecule has 1 atom stereocenters. The quantitative estimate of drug-likeness (QED) is 0.646. The highest BCUT2D eigenvalue weighted by Gasteiger charge is 2.16. The van der Waals surface area contributed by atoms with Crippen LogP contribution in [0.5, 0.6) is 5.75 Å². The van der Waals surface area contributed by atoms with Gasteiger partial charge in [-0.1, -0.05) is 29.8 Å². The Balaban J connectivity index is 1.76. The predicted octanol–water partition coefficient (Wildman–Crippen LogP) is 3.72. The molecule has 0 bridgehead atoms. The lowest BCUT2D eigenvalue weighted by Crippen LogP contribution is -2.40. The topological polar surface area (TPSA) is 67.4 Å². The molecule has 2 amide bonds. The fourth-order valence-corrected chi connectivity index (χ4v) is 3.00. The molecule has 0 aliphatic carbocycles. The van der Waals surface area contributed by atoms with Gasteiger partial charge in [-0.3, -0.25) is 9.59 Å². The van der Waals surface area contributed by atoms with E-state index in [4.69, 9.17) is 16.3 Å². The lowest BCUT2D eigenvalue weighted by molar-refractivity contribution is -0.127. The third-order valence-corrected chi connectivity index (χ3v) is 4.54. The average Bonchev–Trinajstić information content (AvgIpc) is 2.61. The number of carbonyl (C=O) groups excluding carboxylic acids is 2. The van der Waals surface area contributed by atoms with Gasteiger partial charge in [0, 0.05) is 13.1 Å². The van der Waals surface area contributed by atoms with Crippen LogP contribution >= 0.6 is 27.5 Å². The van der Waals surface area contributed by atoms with Gasteiger partial charge in [-0.2, -0.15) is 0 Å². The molecule has 0 spiro atoms. The molecule has 138 valence electrons. The first kappa shape index (κ1) is 20.3. The van der Waals surface area contributed by atoms with Gasteiger partial charge < -0.3 is 15.4 Å². The molecule has 2 rings (SSSR count). The number of hydrogen-bond acceptors (Lipinski definition) is 3. The number of rotatable bonds is 7. The zero-order chi connectivity index (χ0) is 19.1. The minimum absolute atomic E-state index is 0.260. The number of halogens is 2. The second-order valence-corrected chi connectivity index (χ2v) is 6.98.